The number of guanidine groups is 1. The lowest BCUT2D eigenvalue weighted by atomic mass is 10.2. The van der Waals surface area contributed by atoms with Crippen LogP contribution in [0.2, 0.25) is 0 Å². The molecule has 2 rings (SSSR count). The monoisotopic (exact) mass is 409 g/mol. The molecule has 8 heteroatoms. The van der Waals surface area contributed by atoms with Gasteiger partial charge in [0.05, 0.1) is 18.9 Å². The van der Waals surface area contributed by atoms with Crippen LogP contribution in [-0.4, -0.2) is 90.7 Å². The fraction of sp³-hybridized carbons (Fsp3) is 0.667. The first-order valence-corrected chi connectivity index (χ1v) is 10.5. The predicted octanol–water partition coefficient (Wildman–Crippen LogP) is 1.56. The van der Waals surface area contributed by atoms with E-state index in [0.29, 0.717) is 25.5 Å². The third-order valence-electron chi connectivity index (χ3n) is 4.92. The van der Waals surface area contributed by atoms with Gasteiger partial charge < -0.3 is 25.0 Å². The Morgan fingerprint density at radius 1 is 1.03 bits per heavy atom. The van der Waals surface area contributed by atoms with Crippen LogP contribution in [0.25, 0.3) is 0 Å². The fourth-order valence-corrected chi connectivity index (χ4v) is 3.28. The number of piperazine rings is 1. The third kappa shape index (κ3) is 8.97. The van der Waals surface area contributed by atoms with Crippen molar-refractivity contribution >= 4 is 11.6 Å². The van der Waals surface area contributed by atoms with E-state index in [1.54, 1.807) is 20.2 Å². The summed E-state index contributed by atoms with van der Waals surface area (Å²) in [7, 11) is 3.46. The third-order valence-corrected chi connectivity index (χ3v) is 4.92. The van der Waals surface area contributed by atoms with Gasteiger partial charge in [0.25, 0.3) is 0 Å². The van der Waals surface area contributed by atoms with Crippen LogP contribution < -0.4 is 15.5 Å². The molecule has 0 aliphatic carbocycles. The maximum atomic E-state index is 13.9. The molecule has 1 aliphatic heterocycles. The van der Waals surface area contributed by atoms with Gasteiger partial charge in [-0.3, -0.25) is 9.89 Å². The van der Waals surface area contributed by atoms with Crippen molar-refractivity contribution in [3.63, 3.8) is 0 Å². The molecule has 0 bridgehead atoms. The first kappa shape index (κ1) is 23.4. The lowest BCUT2D eigenvalue weighted by Gasteiger charge is -2.36. The van der Waals surface area contributed by atoms with Crippen molar-refractivity contribution in [3.8, 4) is 0 Å². The van der Waals surface area contributed by atoms with Crippen LogP contribution in [0.5, 0.6) is 0 Å². The molecular formula is C21H36FN5O2. The molecule has 0 aromatic heterocycles. The van der Waals surface area contributed by atoms with Gasteiger partial charge >= 0.3 is 0 Å². The number of hydrogen-bond donors (Lipinski definition) is 2. The van der Waals surface area contributed by atoms with E-state index in [9.17, 15) is 4.39 Å². The Morgan fingerprint density at radius 2 is 1.76 bits per heavy atom. The van der Waals surface area contributed by atoms with Crippen LogP contribution in [0.1, 0.15) is 12.8 Å². The second-order valence-electron chi connectivity index (χ2n) is 7.02. The van der Waals surface area contributed by atoms with Crippen LogP contribution in [-0.2, 0) is 9.47 Å². The van der Waals surface area contributed by atoms with Crippen molar-refractivity contribution in [3.05, 3.63) is 30.1 Å². The highest BCUT2D eigenvalue weighted by molar-refractivity contribution is 5.79. The average molecular weight is 410 g/mol. The number of methoxy groups -OCH3 is 1. The van der Waals surface area contributed by atoms with Crippen molar-refractivity contribution in [1.82, 2.24) is 15.5 Å². The second kappa shape index (κ2) is 14.1. The molecule has 0 radical (unpaired) electrons. The summed E-state index contributed by atoms with van der Waals surface area (Å²) in [6, 6.07) is 7.02. The number of anilines is 1. The van der Waals surface area contributed by atoms with Gasteiger partial charge in [0.1, 0.15) is 5.82 Å². The highest BCUT2D eigenvalue weighted by Crippen LogP contribution is 2.20. The van der Waals surface area contributed by atoms with Crippen molar-refractivity contribution < 1.29 is 13.9 Å². The van der Waals surface area contributed by atoms with E-state index < -0.39 is 0 Å². The van der Waals surface area contributed by atoms with E-state index >= 15 is 0 Å². The number of nitrogens with one attached hydrogen (secondary N) is 2. The number of nitrogens with zero attached hydrogens (tertiary/aromatic N) is 3. The molecule has 0 atom stereocenters. The standard InChI is InChI=1S/C21H36FN5O2/c1-23-21(25-10-6-16-29-18-17-28-2)24-9-5-11-26-12-14-27(15-13-26)20-8-4-3-7-19(20)22/h3-4,7-8H,5-6,9-18H2,1-2H3,(H2,23,24,25). The lowest BCUT2D eigenvalue weighted by Crippen LogP contribution is -2.47. The molecule has 0 spiro atoms. The molecule has 1 aliphatic rings. The summed E-state index contributed by atoms with van der Waals surface area (Å²) in [4.78, 5) is 8.82. The summed E-state index contributed by atoms with van der Waals surface area (Å²) in [5.74, 6) is 0.692. The molecular weight excluding hydrogens is 373 g/mol. The number of rotatable bonds is 12. The van der Waals surface area contributed by atoms with Crippen molar-refractivity contribution in [2.75, 3.05) is 84.7 Å². The SMILES string of the molecule is CN=C(NCCCOCCOC)NCCCN1CCN(c2ccccc2F)CC1. The second-order valence-corrected chi connectivity index (χ2v) is 7.02. The van der Waals surface area contributed by atoms with Crippen molar-refractivity contribution in [2.24, 2.45) is 4.99 Å². The molecule has 29 heavy (non-hydrogen) atoms. The van der Waals surface area contributed by atoms with Crippen LogP contribution in [0.15, 0.2) is 29.3 Å². The molecule has 0 amide bonds. The smallest absolute Gasteiger partial charge is 0.190 e. The van der Waals surface area contributed by atoms with E-state index in [4.69, 9.17) is 9.47 Å². The molecule has 1 fully saturated rings. The molecule has 0 saturated carbocycles. The summed E-state index contributed by atoms with van der Waals surface area (Å²) in [6.45, 7) is 8.37. The maximum absolute atomic E-state index is 13.9. The lowest BCUT2D eigenvalue weighted by molar-refractivity contribution is 0.0698. The maximum Gasteiger partial charge on any atom is 0.190 e. The summed E-state index contributed by atoms with van der Waals surface area (Å²) < 4.78 is 24.3. The topological polar surface area (TPSA) is 61.4 Å². The molecule has 0 unspecified atom stereocenters. The van der Waals surface area contributed by atoms with E-state index in [1.807, 2.05) is 12.1 Å². The van der Waals surface area contributed by atoms with E-state index in [2.05, 4.69) is 25.4 Å². The van der Waals surface area contributed by atoms with Crippen molar-refractivity contribution in [2.45, 2.75) is 12.8 Å². The molecule has 1 aromatic carbocycles. The molecule has 1 aromatic rings. The Balaban J connectivity index is 1.52. The van der Waals surface area contributed by atoms with E-state index in [-0.39, 0.29) is 5.82 Å². The number of aliphatic imine (C=N–C) groups is 1. The van der Waals surface area contributed by atoms with Gasteiger partial charge in [-0.15, -0.1) is 0 Å². The predicted molar refractivity (Wildman–Crippen MR) is 116 cm³/mol. The van der Waals surface area contributed by atoms with Gasteiger partial charge in [-0.25, -0.2) is 4.39 Å². The minimum Gasteiger partial charge on any atom is -0.382 e. The summed E-state index contributed by atoms with van der Waals surface area (Å²) in [5.41, 5.74) is 0.716. The number of hydrogen-bond acceptors (Lipinski definition) is 5. The van der Waals surface area contributed by atoms with Crippen LogP contribution >= 0.6 is 0 Å². The minimum absolute atomic E-state index is 0.134. The first-order valence-electron chi connectivity index (χ1n) is 10.5. The van der Waals surface area contributed by atoms with Crippen molar-refractivity contribution in [1.29, 1.82) is 0 Å². The molecule has 2 N–H and O–H groups in total. The number of halogens is 1. The number of ether oxygens (including phenoxy) is 2. The van der Waals surface area contributed by atoms with Gasteiger partial charge in [-0.05, 0) is 31.5 Å². The number of benzene rings is 1. The molecule has 7 nitrogen and oxygen atoms in total. The molecule has 1 saturated heterocycles. The zero-order valence-electron chi connectivity index (χ0n) is 17.8. The number of para-hydroxylation sites is 1. The quantitative estimate of drug-likeness (QED) is 0.310. The Labute approximate surface area is 174 Å². The fourth-order valence-electron chi connectivity index (χ4n) is 3.28. The Morgan fingerprint density at radius 3 is 2.45 bits per heavy atom. The molecule has 1 heterocycles. The Kier molecular flexibility index (Phi) is 11.4. The summed E-state index contributed by atoms with van der Waals surface area (Å²) >= 11 is 0. The Bertz CT molecular complexity index is 594. The van der Waals surface area contributed by atoms with E-state index in [0.717, 1.165) is 64.6 Å². The average Bonchev–Trinajstić information content (AvgIpc) is 2.75. The molecule has 164 valence electrons. The minimum atomic E-state index is -0.134. The first-order chi connectivity index (χ1) is 14.2. The van der Waals surface area contributed by atoms with Gasteiger partial charge in [0, 0.05) is 60.0 Å². The summed E-state index contributed by atoms with van der Waals surface area (Å²) in [5, 5.41) is 6.65. The normalized spacial score (nSPS) is 15.6. The highest BCUT2D eigenvalue weighted by atomic mass is 19.1. The Hall–Kier alpha value is -1.90. The van der Waals surface area contributed by atoms with Gasteiger partial charge in [-0.2, -0.15) is 0 Å². The highest BCUT2D eigenvalue weighted by Gasteiger charge is 2.18. The van der Waals surface area contributed by atoms with Crippen LogP contribution in [0.4, 0.5) is 10.1 Å². The van der Waals surface area contributed by atoms with E-state index in [1.165, 1.54) is 6.07 Å². The zero-order chi connectivity index (χ0) is 20.7. The van der Waals surface area contributed by atoms with Crippen LogP contribution in [0.3, 0.4) is 0 Å². The van der Waals surface area contributed by atoms with Gasteiger partial charge in [-0.1, -0.05) is 12.1 Å². The van der Waals surface area contributed by atoms with Gasteiger partial charge in [0.2, 0.25) is 0 Å². The largest absolute Gasteiger partial charge is 0.382 e. The van der Waals surface area contributed by atoms with Crippen LogP contribution in [0, 0.1) is 5.82 Å². The van der Waals surface area contributed by atoms with Gasteiger partial charge in [0.15, 0.2) is 5.96 Å². The summed E-state index contributed by atoms with van der Waals surface area (Å²) in [6.07, 6.45) is 1.97. The zero-order valence-corrected chi connectivity index (χ0v) is 17.8.